The molecule has 1 aromatic rings. The van der Waals surface area contributed by atoms with Crippen molar-refractivity contribution in [3.05, 3.63) is 29.8 Å². The largest absolute Gasteiger partial charge is 0.349 e. The normalized spacial score (nSPS) is 22.8. The molecule has 178 valence electrons. The lowest BCUT2D eigenvalue weighted by atomic mass is 9.86. The van der Waals surface area contributed by atoms with Crippen LogP contribution in [0.15, 0.2) is 24.3 Å². The second kappa shape index (κ2) is 10.3. The lowest BCUT2D eigenvalue weighted by Gasteiger charge is -2.30. The van der Waals surface area contributed by atoms with Gasteiger partial charge < -0.3 is 10.6 Å². The Morgan fingerprint density at radius 1 is 0.906 bits per heavy atom. The van der Waals surface area contributed by atoms with Crippen LogP contribution in [0.1, 0.15) is 88.9 Å². The zero-order valence-corrected chi connectivity index (χ0v) is 20.3. The molecule has 2 aliphatic rings. The van der Waals surface area contributed by atoms with Gasteiger partial charge in [-0.15, -0.1) is 0 Å². The van der Waals surface area contributed by atoms with Gasteiger partial charge in [-0.3, -0.25) is 9.59 Å². The molecule has 0 bridgehead atoms. The van der Waals surface area contributed by atoms with E-state index in [4.69, 9.17) is 0 Å². The Morgan fingerprint density at radius 2 is 1.56 bits per heavy atom. The van der Waals surface area contributed by atoms with Gasteiger partial charge in [-0.1, -0.05) is 25.3 Å². The first-order chi connectivity index (χ1) is 15.0. The molecule has 32 heavy (non-hydrogen) atoms. The van der Waals surface area contributed by atoms with E-state index in [0.29, 0.717) is 36.9 Å². The van der Waals surface area contributed by atoms with E-state index in [1.165, 1.54) is 6.42 Å². The van der Waals surface area contributed by atoms with Crippen LogP contribution in [0.2, 0.25) is 0 Å². The Morgan fingerprint density at radius 3 is 2.19 bits per heavy atom. The number of carbonyl (C=O) groups is 2. The molecular formula is C24H37N3O4S. The first-order valence-corrected chi connectivity index (χ1v) is 13.3. The average Bonchev–Trinajstić information content (AvgIpc) is 2.74. The second-order valence-electron chi connectivity index (χ2n) is 10.2. The van der Waals surface area contributed by atoms with E-state index in [0.717, 1.165) is 25.7 Å². The number of sulfonamides is 1. The summed E-state index contributed by atoms with van der Waals surface area (Å²) in [6, 6.07) is 7.16. The van der Waals surface area contributed by atoms with Crippen molar-refractivity contribution >= 4 is 27.5 Å². The summed E-state index contributed by atoms with van der Waals surface area (Å²) in [5.74, 6) is -0.336. The van der Waals surface area contributed by atoms with Crippen molar-refractivity contribution in [2.75, 3.05) is 5.32 Å². The minimum absolute atomic E-state index is 0.0769. The smallest absolute Gasteiger partial charge is 0.251 e. The van der Waals surface area contributed by atoms with Crippen molar-refractivity contribution in [1.82, 2.24) is 10.0 Å². The molecule has 2 aliphatic carbocycles. The Labute approximate surface area is 192 Å². The lowest BCUT2D eigenvalue weighted by molar-refractivity contribution is -0.120. The van der Waals surface area contributed by atoms with Crippen molar-refractivity contribution in [1.29, 1.82) is 0 Å². The fourth-order valence-electron chi connectivity index (χ4n) is 4.37. The highest BCUT2D eigenvalue weighted by molar-refractivity contribution is 7.90. The predicted octanol–water partition coefficient (Wildman–Crippen LogP) is 3.96. The zero-order valence-electron chi connectivity index (χ0n) is 19.4. The summed E-state index contributed by atoms with van der Waals surface area (Å²) >= 11 is 0. The highest BCUT2D eigenvalue weighted by atomic mass is 32.2. The number of nitrogens with one attached hydrogen (secondary N) is 3. The van der Waals surface area contributed by atoms with Gasteiger partial charge in [0.1, 0.15) is 0 Å². The van der Waals surface area contributed by atoms with Crippen molar-refractivity contribution in [3.8, 4) is 0 Å². The number of benzene rings is 1. The SMILES string of the molecule is CC(C)(C)S(=O)(=O)NC1CCC(C(=O)Nc2cccc(C(=O)NC3CCCCC3)c2)CC1. The van der Waals surface area contributed by atoms with Crippen LogP contribution in [0.3, 0.4) is 0 Å². The van der Waals surface area contributed by atoms with Crippen LogP contribution in [-0.2, 0) is 14.8 Å². The summed E-state index contributed by atoms with van der Waals surface area (Å²) in [7, 11) is -3.40. The number of anilines is 1. The summed E-state index contributed by atoms with van der Waals surface area (Å²) in [6.07, 6.45) is 8.12. The maximum atomic E-state index is 12.8. The van der Waals surface area contributed by atoms with Gasteiger partial charge in [-0.2, -0.15) is 0 Å². The van der Waals surface area contributed by atoms with E-state index >= 15 is 0 Å². The Bertz CT molecular complexity index is 909. The van der Waals surface area contributed by atoms with E-state index in [9.17, 15) is 18.0 Å². The van der Waals surface area contributed by atoms with Crippen LogP contribution in [0.5, 0.6) is 0 Å². The Balaban J connectivity index is 1.51. The summed E-state index contributed by atoms with van der Waals surface area (Å²) in [6.45, 7) is 5.04. The molecule has 0 heterocycles. The fourth-order valence-corrected chi connectivity index (χ4v) is 5.40. The third kappa shape index (κ3) is 6.54. The van der Waals surface area contributed by atoms with Gasteiger partial charge in [0.15, 0.2) is 0 Å². The van der Waals surface area contributed by atoms with Gasteiger partial charge in [-0.25, -0.2) is 13.1 Å². The monoisotopic (exact) mass is 463 g/mol. The maximum Gasteiger partial charge on any atom is 0.251 e. The minimum Gasteiger partial charge on any atom is -0.349 e. The molecule has 3 rings (SSSR count). The fraction of sp³-hybridized carbons (Fsp3) is 0.667. The molecule has 3 N–H and O–H groups in total. The first kappa shape index (κ1) is 24.7. The standard InChI is InChI=1S/C24H37N3O4S/c1-24(2,3)32(30,31)27-20-14-12-17(13-15-20)22(28)26-21-11-7-8-18(16-21)23(29)25-19-9-5-4-6-10-19/h7-8,11,16-17,19-20,27H,4-6,9-10,12-15H2,1-3H3,(H,25,29)(H,26,28). The molecule has 0 radical (unpaired) electrons. The highest BCUT2D eigenvalue weighted by Crippen LogP contribution is 2.27. The molecule has 0 aromatic heterocycles. The zero-order chi connectivity index (χ0) is 23.4. The maximum absolute atomic E-state index is 12.8. The molecule has 1 aromatic carbocycles. The van der Waals surface area contributed by atoms with Crippen molar-refractivity contribution < 1.29 is 18.0 Å². The molecule has 2 amide bonds. The van der Waals surface area contributed by atoms with Gasteiger partial charge in [0.25, 0.3) is 5.91 Å². The quantitative estimate of drug-likeness (QED) is 0.594. The van der Waals surface area contributed by atoms with Gasteiger partial charge >= 0.3 is 0 Å². The summed E-state index contributed by atoms with van der Waals surface area (Å²) < 4.78 is 26.7. The number of amides is 2. The average molecular weight is 464 g/mol. The molecule has 0 aliphatic heterocycles. The van der Waals surface area contributed by atoms with Gasteiger partial charge in [0, 0.05) is 29.3 Å². The molecule has 2 fully saturated rings. The van der Waals surface area contributed by atoms with Crippen molar-refractivity contribution in [2.24, 2.45) is 5.92 Å². The molecule has 7 nitrogen and oxygen atoms in total. The lowest BCUT2D eigenvalue weighted by Crippen LogP contribution is -2.46. The van der Waals surface area contributed by atoms with E-state index in [1.807, 2.05) is 0 Å². The van der Waals surface area contributed by atoms with Gasteiger partial charge in [0.2, 0.25) is 15.9 Å². The molecule has 2 saturated carbocycles. The molecule has 0 unspecified atom stereocenters. The third-order valence-electron chi connectivity index (χ3n) is 6.56. The first-order valence-electron chi connectivity index (χ1n) is 11.8. The van der Waals surface area contributed by atoms with Crippen molar-refractivity contribution in [2.45, 2.75) is 95.4 Å². The van der Waals surface area contributed by atoms with Crippen LogP contribution >= 0.6 is 0 Å². The summed E-state index contributed by atoms with van der Waals surface area (Å²) in [4.78, 5) is 25.4. The molecule has 0 saturated heterocycles. The molecular weight excluding hydrogens is 426 g/mol. The third-order valence-corrected chi connectivity index (χ3v) is 8.81. The summed E-state index contributed by atoms with van der Waals surface area (Å²) in [5, 5.41) is 6.05. The van der Waals surface area contributed by atoms with E-state index < -0.39 is 14.8 Å². The van der Waals surface area contributed by atoms with E-state index in [2.05, 4.69) is 15.4 Å². The number of hydrogen-bond acceptors (Lipinski definition) is 4. The van der Waals surface area contributed by atoms with E-state index in [1.54, 1.807) is 45.0 Å². The van der Waals surface area contributed by atoms with Crippen LogP contribution < -0.4 is 15.4 Å². The molecule has 8 heteroatoms. The number of hydrogen-bond donors (Lipinski definition) is 3. The second-order valence-corrected chi connectivity index (χ2v) is 12.6. The highest BCUT2D eigenvalue weighted by Gasteiger charge is 2.34. The van der Waals surface area contributed by atoms with Crippen LogP contribution in [0.4, 0.5) is 5.69 Å². The summed E-state index contributed by atoms with van der Waals surface area (Å²) in [5.41, 5.74) is 1.16. The van der Waals surface area contributed by atoms with Crippen LogP contribution in [0, 0.1) is 5.92 Å². The molecule has 0 atom stereocenters. The molecule has 0 spiro atoms. The minimum atomic E-state index is -3.40. The topological polar surface area (TPSA) is 104 Å². The number of carbonyl (C=O) groups excluding carboxylic acids is 2. The van der Waals surface area contributed by atoms with Crippen LogP contribution in [-0.4, -0.2) is 37.1 Å². The Kier molecular flexibility index (Phi) is 7.98. The predicted molar refractivity (Wildman–Crippen MR) is 127 cm³/mol. The van der Waals surface area contributed by atoms with Crippen molar-refractivity contribution in [3.63, 3.8) is 0 Å². The van der Waals surface area contributed by atoms with E-state index in [-0.39, 0.29) is 29.8 Å². The van der Waals surface area contributed by atoms with Crippen LogP contribution in [0.25, 0.3) is 0 Å². The number of rotatable bonds is 6. The Hall–Kier alpha value is -1.93. The van der Waals surface area contributed by atoms with Gasteiger partial charge in [-0.05, 0) is 77.5 Å². The van der Waals surface area contributed by atoms with Gasteiger partial charge in [0.05, 0.1) is 4.75 Å².